The molecular weight excluding hydrogens is 243 g/mol. The number of anilines is 1. The number of Topliss-reactive ketones (excluding diaryl/α,β-unsaturated/α-hetero) is 1. The van der Waals surface area contributed by atoms with Gasteiger partial charge in [0.1, 0.15) is 0 Å². The zero-order valence-electron chi connectivity index (χ0n) is 9.76. The van der Waals surface area contributed by atoms with Crippen LogP contribution >= 0.6 is 0 Å². The van der Waals surface area contributed by atoms with Crippen LogP contribution in [0.5, 0.6) is 0 Å². The molecule has 5 heteroatoms. The van der Waals surface area contributed by atoms with E-state index in [1.165, 1.54) is 6.07 Å². The first kappa shape index (κ1) is 12.9. The number of carbonyl (C=O) groups is 1. The van der Waals surface area contributed by atoms with Gasteiger partial charge in [-0.15, -0.1) is 0 Å². The number of hydrogen-bond donors (Lipinski definition) is 1. The van der Waals surface area contributed by atoms with Gasteiger partial charge >= 0.3 is 6.18 Å². The average Bonchev–Trinajstić information content (AvgIpc) is 2.80. The monoisotopic (exact) mass is 257 g/mol. The van der Waals surface area contributed by atoms with E-state index < -0.39 is 11.7 Å². The first-order chi connectivity index (χ1) is 8.39. The Bertz CT molecular complexity index is 462. The predicted octanol–water partition coefficient (Wildman–Crippen LogP) is 3.66. The molecule has 98 valence electrons. The molecule has 0 amide bonds. The number of nitrogens with two attached hydrogens (primary N) is 1. The van der Waals surface area contributed by atoms with Crippen molar-refractivity contribution in [2.75, 3.05) is 5.73 Å². The molecule has 0 bridgehead atoms. The molecule has 0 saturated heterocycles. The Kier molecular flexibility index (Phi) is 3.32. The summed E-state index contributed by atoms with van der Waals surface area (Å²) in [7, 11) is 0. The molecule has 2 rings (SSSR count). The Morgan fingerprint density at radius 1 is 1.22 bits per heavy atom. The van der Waals surface area contributed by atoms with Crippen LogP contribution in [0.15, 0.2) is 18.2 Å². The van der Waals surface area contributed by atoms with Crippen molar-refractivity contribution in [2.24, 2.45) is 5.92 Å². The molecule has 0 atom stereocenters. The summed E-state index contributed by atoms with van der Waals surface area (Å²) < 4.78 is 37.4. The number of carbonyl (C=O) groups excluding carboxylic acids is 1. The molecule has 0 heterocycles. The molecule has 1 aromatic rings. The number of alkyl halides is 3. The Balaban J connectivity index is 2.27. The van der Waals surface area contributed by atoms with Crippen LogP contribution in [0.4, 0.5) is 18.9 Å². The Labute approximate surface area is 103 Å². The molecule has 0 spiro atoms. The van der Waals surface area contributed by atoms with Gasteiger partial charge in [-0.3, -0.25) is 4.79 Å². The van der Waals surface area contributed by atoms with Crippen LogP contribution in [-0.4, -0.2) is 5.78 Å². The molecule has 1 fully saturated rings. The maximum atomic E-state index is 12.5. The second kappa shape index (κ2) is 4.63. The van der Waals surface area contributed by atoms with Gasteiger partial charge in [0, 0.05) is 17.2 Å². The molecule has 1 aromatic carbocycles. The molecule has 1 saturated carbocycles. The van der Waals surface area contributed by atoms with Gasteiger partial charge in [-0.05, 0) is 31.0 Å². The Hall–Kier alpha value is -1.52. The zero-order valence-corrected chi connectivity index (χ0v) is 9.76. The minimum absolute atomic E-state index is 0.0796. The quantitative estimate of drug-likeness (QED) is 0.649. The highest BCUT2D eigenvalue weighted by Gasteiger charge is 2.32. The first-order valence-electron chi connectivity index (χ1n) is 5.90. The summed E-state index contributed by atoms with van der Waals surface area (Å²) in [5.41, 5.74) is 4.88. The van der Waals surface area contributed by atoms with Crippen LogP contribution in [-0.2, 0) is 6.18 Å². The van der Waals surface area contributed by atoms with Gasteiger partial charge in [0.15, 0.2) is 5.78 Å². The number of nitrogen functional groups attached to an aromatic ring is 1. The molecule has 2 nitrogen and oxygen atoms in total. The lowest BCUT2D eigenvalue weighted by Gasteiger charge is -2.13. The zero-order chi connectivity index (χ0) is 13.3. The highest BCUT2D eigenvalue weighted by Crippen LogP contribution is 2.34. The maximum Gasteiger partial charge on any atom is 0.416 e. The van der Waals surface area contributed by atoms with Gasteiger partial charge < -0.3 is 5.73 Å². The highest BCUT2D eigenvalue weighted by molar-refractivity contribution is 6.02. The summed E-state index contributed by atoms with van der Waals surface area (Å²) in [5, 5.41) is 0. The van der Waals surface area contributed by atoms with E-state index in [2.05, 4.69) is 0 Å². The first-order valence-corrected chi connectivity index (χ1v) is 5.90. The van der Waals surface area contributed by atoms with E-state index in [4.69, 9.17) is 5.73 Å². The third kappa shape index (κ3) is 2.49. The summed E-state index contributed by atoms with van der Waals surface area (Å²) in [6, 6.07) is 2.94. The molecular formula is C13H14F3NO. The summed E-state index contributed by atoms with van der Waals surface area (Å²) in [4.78, 5) is 12.1. The van der Waals surface area contributed by atoms with Crippen molar-refractivity contribution in [2.45, 2.75) is 31.9 Å². The van der Waals surface area contributed by atoms with Gasteiger partial charge in [0.25, 0.3) is 0 Å². The van der Waals surface area contributed by atoms with E-state index >= 15 is 0 Å². The van der Waals surface area contributed by atoms with Crippen LogP contribution in [0.1, 0.15) is 41.6 Å². The van der Waals surface area contributed by atoms with Crippen molar-refractivity contribution < 1.29 is 18.0 Å². The second-order valence-corrected chi connectivity index (χ2v) is 4.65. The van der Waals surface area contributed by atoms with Crippen molar-refractivity contribution in [1.29, 1.82) is 0 Å². The largest absolute Gasteiger partial charge is 0.416 e. The van der Waals surface area contributed by atoms with Gasteiger partial charge in [-0.1, -0.05) is 12.8 Å². The molecule has 0 aromatic heterocycles. The fraction of sp³-hybridized carbons (Fsp3) is 0.462. The van der Waals surface area contributed by atoms with Gasteiger partial charge in [-0.2, -0.15) is 13.2 Å². The second-order valence-electron chi connectivity index (χ2n) is 4.65. The third-order valence-electron chi connectivity index (χ3n) is 3.37. The fourth-order valence-corrected chi connectivity index (χ4v) is 2.37. The summed E-state index contributed by atoms with van der Waals surface area (Å²) in [5.74, 6) is -0.206. The molecule has 0 unspecified atom stereocenters. The number of ketones is 1. The summed E-state index contributed by atoms with van der Waals surface area (Å²) >= 11 is 0. The van der Waals surface area contributed by atoms with E-state index in [9.17, 15) is 18.0 Å². The number of rotatable bonds is 2. The van der Waals surface area contributed by atoms with Crippen molar-refractivity contribution in [3.63, 3.8) is 0 Å². The van der Waals surface area contributed by atoms with Gasteiger partial charge in [0.05, 0.1) is 5.56 Å². The average molecular weight is 257 g/mol. The predicted molar refractivity (Wildman–Crippen MR) is 62.1 cm³/mol. The Morgan fingerprint density at radius 3 is 2.33 bits per heavy atom. The van der Waals surface area contributed by atoms with E-state index in [1.807, 2.05) is 0 Å². The molecule has 1 aliphatic rings. The molecule has 0 radical (unpaired) electrons. The molecule has 0 aliphatic heterocycles. The number of benzene rings is 1. The topological polar surface area (TPSA) is 43.1 Å². The van der Waals surface area contributed by atoms with Crippen molar-refractivity contribution in [3.8, 4) is 0 Å². The standard InChI is InChI=1S/C13H14F3NO/c14-13(15,16)9-5-6-10(11(17)7-9)12(18)8-3-1-2-4-8/h5-8H,1-4,17H2. The van der Waals surface area contributed by atoms with Gasteiger partial charge in [0.2, 0.25) is 0 Å². The van der Waals surface area contributed by atoms with Crippen molar-refractivity contribution in [3.05, 3.63) is 29.3 Å². The number of halogens is 3. The lowest BCUT2D eigenvalue weighted by molar-refractivity contribution is -0.137. The minimum atomic E-state index is -4.43. The van der Waals surface area contributed by atoms with Crippen LogP contribution in [0.3, 0.4) is 0 Å². The third-order valence-corrected chi connectivity index (χ3v) is 3.37. The van der Waals surface area contributed by atoms with E-state index in [0.29, 0.717) is 0 Å². The smallest absolute Gasteiger partial charge is 0.398 e. The van der Waals surface area contributed by atoms with Crippen molar-refractivity contribution >= 4 is 11.5 Å². The van der Waals surface area contributed by atoms with E-state index in [0.717, 1.165) is 37.8 Å². The lowest BCUT2D eigenvalue weighted by Crippen LogP contribution is -2.14. The highest BCUT2D eigenvalue weighted by atomic mass is 19.4. The Morgan fingerprint density at radius 2 is 1.83 bits per heavy atom. The number of hydrogen-bond acceptors (Lipinski definition) is 2. The van der Waals surface area contributed by atoms with E-state index in [-0.39, 0.29) is 23.0 Å². The SMILES string of the molecule is Nc1cc(C(F)(F)F)ccc1C(=O)C1CCCC1. The fourth-order valence-electron chi connectivity index (χ4n) is 2.37. The van der Waals surface area contributed by atoms with Gasteiger partial charge in [-0.25, -0.2) is 0 Å². The summed E-state index contributed by atoms with van der Waals surface area (Å²) in [6.45, 7) is 0. The maximum absolute atomic E-state index is 12.5. The normalized spacial score (nSPS) is 17.1. The molecule has 18 heavy (non-hydrogen) atoms. The lowest BCUT2D eigenvalue weighted by atomic mass is 9.94. The molecule has 1 aliphatic carbocycles. The van der Waals surface area contributed by atoms with Crippen LogP contribution in [0, 0.1) is 5.92 Å². The van der Waals surface area contributed by atoms with Crippen molar-refractivity contribution in [1.82, 2.24) is 0 Å². The van der Waals surface area contributed by atoms with Crippen LogP contribution in [0.2, 0.25) is 0 Å². The van der Waals surface area contributed by atoms with Crippen LogP contribution in [0.25, 0.3) is 0 Å². The van der Waals surface area contributed by atoms with Crippen LogP contribution < -0.4 is 5.73 Å². The molecule has 2 N–H and O–H groups in total. The minimum Gasteiger partial charge on any atom is -0.398 e. The van der Waals surface area contributed by atoms with E-state index in [1.54, 1.807) is 0 Å². The summed E-state index contributed by atoms with van der Waals surface area (Å²) in [6.07, 6.45) is -0.824.